The third-order valence-electron chi connectivity index (χ3n) is 6.18. The highest BCUT2D eigenvalue weighted by Crippen LogP contribution is 2.51. The second kappa shape index (κ2) is 8.99. The lowest BCUT2D eigenvalue weighted by molar-refractivity contribution is -0.0205. The Morgan fingerprint density at radius 1 is 0.853 bits per heavy atom. The Labute approximate surface area is 203 Å². The smallest absolute Gasteiger partial charge is 0.217 e. The minimum Gasteiger partial charge on any atom is -0.497 e. The molecule has 2 aliphatic heterocycles. The normalized spacial score (nSPS) is 18.4. The number of ether oxygens (including phenoxy) is 5. The van der Waals surface area contributed by atoms with E-state index in [4.69, 9.17) is 40.4 Å². The maximum Gasteiger partial charge on any atom is 0.217 e. The Hall–Kier alpha value is -3.58. The minimum atomic E-state index is -0.538. The zero-order valence-electron chi connectivity index (χ0n) is 19.4. The highest BCUT2D eigenvalue weighted by molar-refractivity contribution is 6.30. The van der Waals surface area contributed by atoms with E-state index in [1.54, 1.807) is 28.4 Å². The van der Waals surface area contributed by atoms with Crippen LogP contribution in [0, 0.1) is 0 Å². The van der Waals surface area contributed by atoms with E-state index < -0.39 is 6.23 Å². The second-order valence-corrected chi connectivity index (χ2v) is 8.39. The summed E-state index contributed by atoms with van der Waals surface area (Å²) in [6.45, 7) is 0. The van der Waals surface area contributed by atoms with E-state index in [0.717, 1.165) is 33.9 Å². The number of rotatable bonds is 6. The molecular formula is C26H25ClN2O5. The van der Waals surface area contributed by atoms with Crippen LogP contribution >= 0.6 is 11.6 Å². The van der Waals surface area contributed by atoms with E-state index >= 15 is 0 Å². The summed E-state index contributed by atoms with van der Waals surface area (Å²) in [7, 11) is 6.43. The van der Waals surface area contributed by atoms with Crippen molar-refractivity contribution in [3.63, 3.8) is 0 Å². The predicted octanol–water partition coefficient (Wildman–Crippen LogP) is 5.62. The topological polar surface area (TPSA) is 61.8 Å². The molecule has 34 heavy (non-hydrogen) atoms. The van der Waals surface area contributed by atoms with Crippen molar-refractivity contribution in [3.05, 3.63) is 76.3 Å². The minimum absolute atomic E-state index is 0.0534. The molecule has 3 aromatic carbocycles. The molecule has 0 spiro atoms. The fourth-order valence-electron chi connectivity index (χ4n) is 4.54. The first-order valence-electron chi connectivity index (χ1n) is 10.8. The van der Waals surface area contributed by atoms with Crippen LogP contribution < -0.4 is 23.7 Å². The SMILES string of the molecule is COc1ccc(C2=NN3[C@H](C2)c2cc(Cl)ccc2O[C@@H]3c2ccc(OC)c(OC)c2OC)cc1. The number of fused-ring (bicyclic) bond motifs is 3. The van der Waals surface area contributed by atoms with Gasteiger partial charge in [0.15, 0.2) is 11.5 Å². The van der Waals surface area contributed by atoms with Gasteiger partial charge in [-0.05, 0) is 60.2 Å². The van der Waals surface area contributed by atoms with Crippen molar-refractivity contribution < 1.29 is 23.7 Å². The summed E-state index contributed by atoms with van der Waals surface area (Å²) in [5, 5.41) is 7.64. The molecule has 0 saturated heterocycles. The molecule has 0 amide bonds. The van der Waals surface area contributed by atoms with Crippen LogP contribution in [0.5, 0.6) is 28.7 Å². The van der Waals surface area contributed by atoms with Gasteiger partial charge in [-0.25, -0.2) is 5.01 Å². The second-order valence-electron chi connectivity index (χ2n) is 7.95. The number of methoxy groups -OCH3 is 4. The maximum absolute atomic E-state index is 6.49. The molecule has 3 aromatic rings. The first-order chi connectivity index (χ1) is 16.6. The molecular weight excluding hydrogens is 456 g/mol. The predicted molar refractivity (Wildman–Crippen MR) is 130 cm³/mol. The van der Waals surface area contributed by atoms with Gasteiger partial charge >= 0.3 is 0 Å². The van der Waals surface area contributed by atoms with Crippen molar-refractivity contribution in [3.8, 4) is 28.7 Å². The van der Waals surface area contributed by atoms with Gasteiger partial charge in [0.2, 0.25) is 12.0 Å². The van der Waals surface area contributed by atoms with Gasteiger partial charge in [-0.3, -0.25) is 0 Å². The lowest BCUT2D eigenvalue weighted by Gasteiger charge is -2.38. The highest BCUT2D eigenvalue weighted by atomic mass is 35.5. The van der Waals surface area contributed by atoms with Crippen molar-refractivity contribution in [2.45, 2.75) is 18.7 Å². The fourth-order valence-corrected chi connectivity index (χ4v) is 4.72. The van der Waals surface area contributed by atoms with Crippen LogP contribution in [0.2, 0.25) is 5.02 Å². The summed E-state index contributed by atoms with van der Waals surface area (Å²) < 4.78 is 28.6. The van der Waals surface area contributed by atoms with Gasteiger partial charge in [-0.15, -0.1) is 0 Å². The Kier molecular flexibility index (Phi) is 5.87. The van der Waals surface area contributed by atoms with Crippen molar-refractivity contribution in [2.24, 2.45) is 5.10 Å². The van der Waals surface area contributed by atoms with E-state index in [-0.39, 0.29) is 6.04 Å². The zero-order valence-corrected chi connectivity index (χ0v) is 20.1. The molecule has 5 rings (SSSR count). The van der Waals surface area contributed by atoms with Gasteiger partial charge in [0.05, 0.1) is 45.8 Å². The average molecular weight is 481 g/mol. The molecule has 7 nitrogen and oxygen atoms in total. The van der Waals surface area contributed by atoms with Gasteiger partial charge in [0.25, 0.3) is 0 Å². The molecule has 176 valence electrons. The van der Waals surface area contributed by atoms with Gasteiger partial charge in [-0.1, -0.05) is 11.6 Å². The Bertz CT molecular complexity index is 1240. The lowest BCUT2D eigenvalue weighted by atomic mass is 9.95. The van der Waals surface area contributed by atoms with E-state index in [9.17, 15) is 0 Å². The summed E-state index contributed by atoms with van der Waals surface area (Å²) in [6.07, 6.45) is 0.166. The molecule has 2 heterocycles. The Morgan fingerprint density at radius 2 is 1.62 bits per heavy atom. The number of hydrogen-bond acceptors (Lipinski definition) is 7. The van der Waals surface area contributed by atoms with Crippen LogP contribution in [0.3, 0.4) is 0 Å². The van der Waals surface area contributed by atoms with E-state index in [2.05, 4.69) is 0 Å². The average Bonchev–Trinajstić information content (AvgIpc) is 3.33. The van der Waals surface area contributed by atoms with E-state index in [1.807, 2.05) is 59.6 Å². The molecule has 2 aliphatic rings. The summed E-state index contributed by atoms with van der Waals surface area (Å²) in [5.74, 6) is 3.18. The number of hydrazone groups is 1. The van der Waals surface area contributed by atoms with Crippen LogP contribution in [0.4, 0.5) is 0 Å². The number of nitrogens with zero attached hydrogens (tertiary/aromatic N) is 2. The monoisotopic (exact) mass is 480 g/mol. The van der Waals surface area contributed by atoms with Crippen molar-refractivity contribution in [1.82, 2.24) is 5.01 Å². The van der Waals surface area contributed by atoms with Gasteiger partial charge in [0.1, 0.15) is 11.5 Å². The molecule has 0 N–H and O–H groups in total. The van der Waals surface area contributed by atoms with E-state index in [0.29, 0.717) is 28.7 Å². The first kappa shape index (κ1) is 22.2. The molecule has 0 saturated carbocycles. The number of halogens is 1. The summed E-state index contributed by atoms with van der Waals surface area (Å²) in [6, 6.07) is 17.3. The fraction of sp³-hybridized carbons (Fsp3) is 0.269. The first-order valence-corrected chi connectivity index (χ1v) is 11.2. The molecule has 8 heteroatoms. The van der Waals surface area contributed by atoms with Crippen LogP contribution in [0.1, 0.15) is 35.4 Å². The molecule has 0 fully saturated rings. The standard InChI is InChI=1S/C26H25ClN2O5/c1-30-17-8-5-15(6-9-17)20-14-21-19-13-16(27)7-11-22(19)34-26(29(21)28-20)18-10-12-23(31-2)25(33-4)24(18)32-3/h5-13,21,26H,14H2,1-4H3/t21-,26-/m1/s1. The molecule has 0 aliphatic carbocycles. The lowest BCUT2D eigenvalue weighted by Crippen LogP contribution is -2.34. The van der Waals surface area contributed by atoms with Crippen LogP contribution in [-0.4, -0.2) is 39.2 Å². The summed E-state index contributed by atoms with van der Waals surface area (Å²) >= 11 is 6.35. The van der Waals surface area contributed by atoms with Crippen molar-refractivity contribution in [1.29, 1.82) is 0 Å². The van der Waals surface area contributed by atoms with Gasteiger partial charge in [0, 0.05) is 17.0 Å². The van der Waals surface area contributed by atoms with Crippen LogP contribution in [-0.2, 0) is 0 Å². The summed E-state index contributed by atoms with van der Waals surface area (Å²) in [5.41, 5.74) is 3.76. The Balaban J connectivity index is 1.63. The third-order valence-corrected chi connectivity index (χ3v) is 6.41. The maximum atomic E-state index is 6.49. The van der Waals surface area contributed by atoms with Crippen LogP contribution in [0.15, 0.2) is 59.7 Å². The molecule has 0 aromatic heterocycles. The quantitative estimate of drug-likeness (QED) is 0.456. The number of hydrogen-bond donors (Lipinski definition) is 0. The molecule has 2 atom stereocenters. The molecule has 0 radical (unpaired) electrons. The summed E-state index contributed by atoms with van der Waals surface area (Å²) in [4.78, 5) is 0. The van der Waals surface area contributed by atoms with Crippen molar-refractivity contribution in [2.75, 3.05) is 28.4 Å². The number of benzene rings is 3. The zero-order chi connectivity index (χ0) is 23.8. The molecule has 0 bridgehead atoms. The third kappa shape index (κ3) is 3.66. The van der Waals surface area contributed by atoms with Gasteiger partial charge < -0.3 is 23.7 Å². The van der Waals surface area contributed by atoms with Crippen molar-refractivity contribution >= 4 is 17.3 Å². The Morgan fingerprint density at radius 3 is 2.29 bits per heavy atom. The van der Waals surface area contributed by atoms with Gasteiger partial charge in [-0.2, -0.15) is 5.10 Å². The molecule has 0 unspecified atom stereocenters. The van der Waals surface area contributed by atoms with E-state index in [1.165, 1.54) is 0 Å². The highest BCUT2D eigenvalue weighted by Gasteiger charge is 2.42. The van der Waals surface area contributed by atoms with Crippen LogP contribution in [0.25, 0.3) is 0 Å². The largest absolute Gasteiger partial charge is 0.497 e.